The van der Waals surface area contributed by atoms with Crippen molar-refractivity contribution < 1.29 is 9.53 Å². The molecular weight excluding hydrogens is 244 g/mol. The van der Waals surface area contributed by atoms with Crippen molar-refractivity contribution in [3.05, 3.63) is 35.7 Å². The lowest BCUT2D eigenvalue weighted by atomic mass is 10.2. The monoisotopic (exact) mass is 260 g/mol. The number of amides is 1. The molecule has 2 rings (SSSR count). The lowest BCUT2D eigenvalue weighted by molar-refractivity contribution is 0.102. The molecule has 0 saturated carbocycles. The van der Waals surface area contributed by atoms with Gasteiger partial charge in [-0.25, -0.2) is 0 Å². The van der Waals surface area contributed by atoms with Gasteiger partial charge < -0.3 is 15.8 Å². The summed E-state index contributed by atoms with van der Waals surface area (Å²) in [7, 11) is 3.32. The number of aryl methyl sites for hydroxylation is 2. The fourth-order valence-corrected chi connectivity index (χ4v) is 1.83. The average molecular weight is 260 g/mol. The first-order chi connectivity index (χ1) is 9.01. The first kappa shape index (κ1) is 12.9. The number of nitrogen functional groups attached to an aromatic ring is 1. The number of nitrogens with one attached hydrogen (secondary N) is 1. The molecule has 6 nitrogen and oxygen atoms in total. The maximum atomic E-state index is 12.1. The van der Waals surface area contributed by atoms with Crippen LogP contribution in [0, 0.1) is 6.92 Å². The minimum atomic E-state index is -0.213. The van der Waals surface area contributed by atoms with Gasteiger partial charge in [-0.05, 0) is 25.1 Å². The van der Waals surface area contributed by atoms with Crippen molar-refractivity contribution in [1.82, 2.24) is 9.78 Å². The number of hydrogen-bond acceptors (Lipinski definition) is 4. The lowest BCUT2D eigenvalue weighted by Gasteiger charge is -2.08. The summed E-state index contributed by atoms with van der Waals surface area (Å²) < 4.78 is 6.66. The van der Waals surface area contributed by atoms with Gasteiger partial charge in [0.05, 0.1) is 24.1 Å². The summed E-state index contributed by atoms with van der Waals surface area (Å²) >= 11 is 0. The molecule has 3 N–H and O–H groups in total. The number of rotatable bonds is 3. The second kappa shape index (κ2) is 5.01. The van der Waals surface area contributed by atoms with Gasteiger partial charge in [0.1, 0.15) is 5.75 Å². The van der Waals surface area contributed by atoms with Gasteiger partial charge in [-0.15, -0.1) is 0 Å². The number of anilines is 2. The molecule has 0 radical (unpaired) electrons. The highest BCUT2D eigenvalue weighted by Crippen LogP contribution is 2.24. The third kappa shape index (κ3) is 2.67. The predicted octanol–water partition coefficient (Wildman–Crippen LogP) is 1.57. The number of benzene rings is 1. The van der Waals surface area contributed by atoms with Crippen LogP contribution in [0.3, 0.4) is 0 Å². The van der Waals surface area contributed by atoms with Crippen molar-refractivity contribution in [2.75, 3.05) is 18.2 Å². The van der Waals surface area contributed by atoms with Crippen LogP contribution >= 0.6 is 0 Å². The summed E-state index contributed by atoms with van der Waals surface area (Å²) in [5, 5.41) is 6.91. The number of aromatic nitrogens is 2. The molecule has 2 aromatic rings. The molecule has 100 valence electrons. The minimum absolute atomic E-state index is 0.213. The Balaban J connectivity index is 2.19. The minimum Gasteiger partial charge on any atom is -0.495 e. The van der Waals surface area contributed by atoms with Gasteiger partial charge in [-0.3, -0.25) is 9.48 Å². The fraction of sp³-hybridized carbons (Fsp3) is 0.231. The van der Waals surface area contributed by atoms with Crippen molar-refractivity contribution in [3.8, 4) is 5.75 Å². The third-order valence-electron chi connectivity index (χ3n) is 2.75. The molecule has 0 bridgehead atoms. The zero-order valence-electron chi connectivity index (χ0n) is 11.1. The maximum absolute atomic E-state index is 12.1. The van der Waals surface area contributed by atoms with E-state index in [0.29, 0.717) is 28.4 Å². The lowest BCUT2D eigenvalue weighted by Crippen LogP contribution is -2.12. The first-order valence-corrected chi connectivity index (χ1v) is 5.76. The molecule has 0 fully saturated rings. The van der Waals surface area contributed by atoms with E-state index in [9.17, 15) is 4.79 Å². The number of hydrogen-bond donors (Lipinski definition) is 2. The molecular formula is C13H16N4O2. The maximum Gasteiger partial charge on any atom is 0.259 e. The van der Waals surface area contributed by atoms with Crippen molar-refractivity contribution in [2.45, 2.75) is 6.92 Å². The molecule has 1 aromatic carbocycles. The van der Waals surface area contributed by atoms with Crippen molar-refractivity contribution >= 4 is 17.3 Å². The van der Waals surface area contributed by atoms with E-state index in [1.165, 1.54) is 0 Å². The summed E-state index contributed by atoms with van der Waals surface area (Å²) in [4.78, 5) is 12.1. The predicted molar refractivity (Wildman–Crippen MR) is 73.3 cm³/mol. The van der Waals surface area contributed by atoms with E-state index in [0.717, 1.165) is 0 Å². The van der Waals surface area contributed by atoms with Crippen molar-refractivity contribution in [1.29, 1.82) is 0 Å². The summed E-state index contributed by atoms with van der Waals surface area (Å²) in [5.41, 5.74) is 8.10. The molecule has 0 saturated heterocycles. The second-order valence-corrected chi connectivity index (χ2v) is 4.21. The molecule has 0 atom stereocenters. The molecule has 1 amide bonds. The number of methoxy groups -OCH3 is 1. The summed E-state index contributed by atoms with van der Waals surface area (Å²) in [5.74, 6) is 0.366. The highest BCUT2D eigenvalue weighted by molar-refractivity contribution is 6.05. The van der Waals surface area contributed by atoms with Crippen LogP contribution in [-0.4, -0.2) is 22.8 Å². The number of ether oxygens (including phenoxy) is 1. The van der Waals surface area contributed by atoms with E-state index in [-0.39, 0.29) is 5.91 Å². The highest BCUT2D eigenvalue weighted by Gasteiger charge is 2.13. The van der Waals surface area contributed by atoms with Gasteiger partial charge in [-0.1, -0.05) is 0 Å². The van der Waals surface area contributed by atoms with Crippen LogP contribution in [0.15, 0.2) is 24.4 Å². The summed E-state index contributed by atoms with van der Waals surface area (Å²) in [6.07, 6.45) is 1.68. The first-order valence-electron chi connectivity index (χ1n) is 5.76. The quantitative estimate of drug-likeness (QED) is 0.821. The molecule has 0 aliphatic carbocycles. The van der Waals surface area contributed by atoms with E-state index in [1.807, 2.05) is 0 Å². The Kier molecular flexibility index (Phi) is 3.41. The molecule has 0 aliphatic rings. The van der Waals surface area contributed by atoms with Gasteiger partial charge in [0.2, 0.25) is 0 Å². The zero-order valence-corrected chi connectivity index (χ0v) is 11.1. The molecule has 0 unspecified atom stereocenters. The SMILES string of the molecule is COc1ccc(NC(=O)c2cn(C)nc2C)cc1N. The molecule has 19 heavy (non-hydrogen) atoms. The van der Waals surface area contributed by atoms with Crippen LogP contribution in [0.2, 0.25) is 0 Å². The summed E-state index contributed by atoms with van der Waals surface area (Å²) in [6, 6.07) is 5.10. The van der Waals surface area contributed by atoms with Gasteiger partial charge in [-0.2, -0.15) is 5.10 Å². The van der Waals surface area contributed by atoms with Gasteiger partial charge in [0.25, 0.3) is 5.91 Å². The number of nitrogens with zero attached hydrogens (tertiary/aromatic N) is 2. The van der Waals surface area contributed by atoms with E-state index in [1.54, 1.807) is 50.2 Å². The smallest absolute Gasteiger partial charge is 0.259 e. The number of nitrogens with two attached hydrogens (primary N) is 1. The standard InChI is InChI=1S/C13H16N4O2/c1-8-10(7-17(2)16-8)13(18)15-9-4-5-12(19-3)11(14)6-9/h4-7H,14H2,1-3H3,(H,15,18). The average Bonchev–Trinajstić information content (AvgIpc) is 2.69. The normalized spacial score (nSPS) is 10.3. The van der Waals surface area contributed by atoms with E-state index >= 15 is 0 Å². The number of carbonyl (C=O) groups is 1. The molecule has 0 aliphatic heterocycles. The Morgan fingerprint density at radius 1 is 1.47 bits per heavy atom. The van der Waals surface area contributed by atoms with Crippen LogP contribution in [0.4, 0.5) is 11.4 Å². The van der Waals surface area contributed by atoms with Crippen LogP contribution in [0.1, 0.15) is 16.1 Å². The Hall–Kier alpha value is -2.50. The van der Waals surface area contributed by atoms with E-state index < -0.39 is 0 Å². The Morgan fingerprint density at radius 3 is 2.74 bits per heavy atom. The number of carbonyl (C=O) groups excluding carboxylic acids is 1. The van der Waals surface area contributed by atoms with Crippen molar-refractivity contribution in [3.63, 3.8) is 0 Å². The zero-order chi connectivity index (χ0) is 14.0. The fourth-order valence-electron chi connectivity index (χ4n) is 1.83. The van der Waals surface area contributed by atoms with Crippen LogP contribution in [-0.2, 0) is 7.05 Å². The largest absolute Gasteiger partial charge is 0.495 e. The molecule has 0 spiro atoms. The Morgan fingerprint density at radius 2 is 2.21 bits per heavy atom. The van der Waals surface area contributed by atoms with Gasteiger partial charge in [0.15, 0.2) is 0 Å². The molecule has 1 aromatic heterocycles. The van der Waals surface area contributed by atoms with E-state index in [4.69, 9.17) is 10.5 Å². The summed E-state index contributed by atoms with van der Waals surface area (Å²) in [6.45, 7) is 1.79. The van der Waals surface area contributed by atoms with Crippen LogP contribution in [0.5, 0.6) is 5.75 Å². The van der Waals surface area contributed by atoms with Crippen LogP contribution in [0.25, 0.3) is 0 Å². The highest BCUT2D eigenvalue weighted by atomic mass is 16.5. The Labute approximate surface area is 111 Å². The molecule has 1 heterocycles. The molecule has 6 heteroatoms. The topological polar surface area (TPSA) is 82.2 Å². The Bertz CT molecular complexity index is 619. The van der Waals surface area contributed by atoms with Crippen LogP contribution < -0.4 is 15.8 Å². The second-order valence-electron chi connectivity index (χ2n) is 4.21. The van der Waals surface area contributed by atoms with E-state index in [2.05, 4.69) is 10.4 Å². The third-order valence-corrected chi connectivity index (χ3v) is 2.75. The van der Waals surface area contributed by atoms with Crippen molar-refractivity contribution in [2.24, 2.45) is 7.05 Å². The van der Waals surface area contributed by atoms with Gasteiger partial charge >= 0.3 is 0 Å². The van der Waals surface area contributed by atoms with Gasteiger partial charge in [0, 0.05) is 18.9 Å².